The summed E-state index contributed by atoms with van der Waals surface area (Å²) in [6.45, 7) is 0. The fourth-order valence-corrected chi connectivity index (χ4v) is 2.34. The summed E-state index contributed by atoms with van der Waals surface area (Å²) in [5.74, 6) is 1.33. The van der Waals surface area contributed by atoms with Gasteiger partial charge in [0.15, 0.2) is 12.1 Å². The molecule has 0 aliphatic heterocycles. The summed E-state index contributed by atoms with van der Waals surface area (Å²) in [4.78, 5) is 12.5. The van der Waals surface area contributed by atoms with Crippen LogP contribution in [-0.2, 0) is 15.9 Å². The van der Waals surface area contributed by atoms with Crippen LogP contribution in [0.4, 0.5) is 5.82 Å². The fourth-order valence-electron chi connectivity index (χ4n) is 2.34. The molecule has 0 aliphatic rings. The number of rotatable bonds is 9. The standard InChI is InChI=1S/C17H22N2O6/c1-21-12-6-5-7-13(22-2)16(12)17(20)18-14-10-11(25-19-14)8-9-15(23-3)24-4/h5-7,10,15H,8-9H2,1-4H3,(H,18,19,20). The van der Waals surface area contributed by atoms with Crippen molar-refractivity contribution in [2.24, 2.45) is 0 Å². The van der Waals surface area contributed by atoms with Gasteiger partial charge in [-0.1, -0.05) is 11.2 Å². The first-order chi connectivity index (χ1) is 12.1. The first-order valence-electron chi connectivity index (χ1n) is 7.66. The Balaban J connectivity index is 2.07. The number of aryl methyl sites for hydroxylation is 1. The van der Waals surface area contributed by atoms with E-state index in [1.165, 1.54) is 14.2 Å². The topological polar surface area (TPSA) is 92.1 Å². The average Bonchev–Trinajstić information content (AvgIpc) is 3.08. The molecule has 1 N–H and O–H groups in total. The second-order valence-corrected chi connectivity index (χ2v) is 5.11. The molecule has 1 amide bonds. The van der Waals surface area contributed by atoms with E-state index >= 15 is 0 Å². The highest BCUT2D eigenvalue weighted by atomic mass is 16.7. The Morgan fingerprint density at radius 3 is 2.36 bits per heavy atom. The van der Waals surface area contributed by atoms with Gasteiger partial charge in [0.05, 0.1) is 14.2 Å². The van der Waals surface area contributed by atoms with Crippen molar-refractivity contribution in [3.05, 3.63) is 35.6 Å². The predicted octanol–water partition coefficient (Wildman–Crippen LogP) is 2.50. The number of anilines is 1. The van der Waals surface area contributed by atoms with E-state index < -0.39 is 5.91 Å². The van der Waals surface area contributed by atoms with Gasteiger partial charge in [0, 0.05) is 33.1 Å². The normalized spacial score (nSPS) is 10.8. The molecule has 2 rings (SSSR count). The first-order valence-corrected chi connectivity index (χ1v) is 7.66. The highest BCUT2D eigenvalue weighted by Crippen LogP contribution is 2.29. The van der Waals surface area contributed by atoms with Gasteiger partial charge in [-0.05, 0) is 12.1 Å². The van der Waals surface area contributed by atoms with Crippen LogP contribution in [-0.4, -0.2) is 45.8 Å². The molecule has 0 aliphatic carbocycles. The van der Waals surface area contributed by atoms with Gasteiger partial charge in [-0.25, -0.2) is 0 Å². The summed E-state index contributed by atoms with van der Waals surface area (Å²) in [6.07, 6.45) is 0.851. The lowest BCUT2D eigenvalue weighted by Gasteiger charge is -2.11. The largest absolute Gasteiger partial charge is 0.496 e. The third kappa shape index (κ3) is 4.71. The van der Waals surface area contributed by atoms with E-state index in [0.29, 0.717) is 35.9 Å². The van der Waals surface area contributed by atoms with Gasteiger partial charge >= 0.3 is 0 Å². The van der Waals surface area contributed by atoms with E-state index in [1.807, 2.05) is 0 Å². The van der Waals surface area contributed by atoms with Crippen LogP contribution in [0.1, 0.15) is 22.5 Å². The van der Waals surface area contributed by atoms with Crippen molar-refractivity contribution in [2.45, 2.75) is 19.1 Å². The molecule has 8 nitrogen and oxygen atoms in total. The van der Waals surface area contributed by atoms with Crippen molar-refractivity contribution in [1.82, 2.24) is 5.16 Å². The van der Waals surface area contributed by atoms with Crippen LogP contribution in [0.2, 0.25) is 0 Å². The Labute approximate surface area is 146 Å². The van der Waals surface area contributed by atoms with Crippen molar-refractivity contribution in [3.8, 4) is 11.5 Å². The van der Waals surface area contributed by atoms with Crippen LogP contribution < -0.4 is 14.8 Å². The summed E-state index contributed by atoms with van der Waals surface area (Å²) < 4.78 is 25.9. The molecule has 0 spiro atoms. The average molecular weight is 350 g/mol. The molecule has 8 heteroatoms. The van der Waals surface area contributed by atoms with Gasteiger partial charge in [0.2, 0.25) is 0 Å². The summed E-state index contributed by atoms with van der Waals surface area (Å²) >= 11 is 0. The zero-order valence-corrected chi connectivity index (χ0v) is 14.7. The maximum absolute atomic E-state index is 12.5. The zero-order chi connectivity index (χ0) is 18.2. The maximum atomic E-state index is 12.5. The number of ether oxygens (including phenoxy) is 4. The number of methoxy groups -OCH3 is 4. The van der Waals surface area contributed by atoms with E-state index in [4.69, 9.17) is 23.5 Å². The molecule has 0 bridgehead atoms. The minimum absolute atomic E-state index is 0.288. The van der Waals surface area contributed by atoms with E-state index in [9.17, 15) is 4.79 Å². The van der Waals surface area contributed by atoms with Gasteiger partial charge in [-0.2, -0.15) is 0 Å². The number of amides is 1. The third-order valence-electron chi connectivity index (χ3n) is 3.61. The summed E-state index contributed by atoms with van der Waals surface area (Å²) in [5.41, 5.74) is 0.288. The van der Waals surface area contributed by atoms with Gasteiger partial charge < -0.3 is 28.8 Å². The van der Waals surface area contributed by atoms with Crippen LogP contribution >= 0.6 is 0 Å². The summed E-state index contributed by atoms with van der Waals surface area (Å²) in [5, 5.41) is 6.53. The molecule has 136 valence electrons. The smallest absolute Gasteiger partial charge is 0.264 e. The van der Waals surface area contributed by atoms with Crippen molar-refractivity contribution in [3.63, 3.8) is 0 Å². The Hall–Kier alpha value is -2.58. The Morgan fingerprint density at radius 1 is 1.16 bits per heavy atom. The molecule has 1 aromatic heterocycles. The molecule has 25 heavy (non-hydrogen) atoms. The van der Waals surface area contributed by atoms with Crippen LogP contribution in [0.15, 0.2) is 28.8 Å². The van der Waals surface area contributed by atoms with Gasteiger partial charge in [0.1, 0.15) is 22.8 Å². The fraction of sp³-hybridized carbons (Fsp3) is 0.412. The van der Waals surface area contributed by atoms with E-state index in [-0.39, 0.29) is 11.9 Å². The number of nitrogens with zero attached hydrogens (tertiary/aromatic N) is 1. The highest BCUT2D eigenvalue weighted by Gasteiger charge is 2.19. The minimum Gasteiger partial charge on any atom is -0.496 e. The lowest BCUT2D eigenvalue weighted by molar-refractivity contribution is -0.106. The molecule has 0 fully saturated rings. The van der Waals surface area contributed by atoms with Crippen molar-refractivity contribution in [2.75, 3.05) is 33.8 Å². The van der Waals surface area contributed by atoms with Crippen LogP contribution in [0.25, 0.3) is 0 Å². The Morgan fingerprint density at radius 2 is 1.80 bits per heavy atom. The molecule has 1 heterocycles. The number of carbonyl (C=O) groups is 1. The summed E-state index contributed by atoms with van der Waals surface area (Å²) in [7, 11) is 6.12. The number of carbonyl (C=O) groups excluding carboxylic acids is 1. The molecular weight excluding hydrogens is 328 g/mol. The number of benzene rings is 1. The molecule has 0 saturated heterocycles. The van der Waals surface area contributed by atoms with Gasteiger partial charge in [-0.15, -0.1) is 0 Å². The van der Waals surface area contributed by atoms with Gasteiger partial charge in [0.25, 0.3) is 5.91 Å². The Kier molecular flexibility index (Phi) is 6.79. The quantitative estimate of drug-likeness (QED) is 0.695. The van der Waals surface area contributed by atoms with E-state index in [2.05, 4.69) is 10.5 Å². The van der Waals surface area contributed by atoms with Crippen molar-refractivity contribution in [1.29, 1.82) is 0 Å². The second kappa shape index (κ2) is 9.05. The highest BCUT2D eigenvalue weighted by molar-refractivity contribution is 6.07. The van der Waals surface area contributed by atoms with Gasteiger partial charge in [-0.3, -0.25) is 4.79 Å². The van der Waals surface area contributed by atoms with Crippen molar-refractivity contribution >= 4 is 11.7 Å². The Bertz CT molecular complexity index is 674. The van der Waals surface area contributed by atoms with Crippen molar-refractivity contribution < 1.29 is 28.3 Å². The number of hydrogen-bond donors (Lipinski definition) is 1. The zero-order valence-electron chi connectivity index (χ0n) is 14.7. The summed E-state index contributed by atoms with van der Waals surface area (Å²) in [6, 6.07) is 6.76. The molecule has 0 saturated carbocycles. The maximum Gasteiger partial charge on any atom is 0.264 e. The molecule has 0 unspecified atom stereocenters. The number of hydrogen-bond acceptors (Lipinski definition) is 7. The SMILES string of the molecule is COc1cccc(OC)c1C(=O)Nc1cc(CCC(OC)OC)on1. The number of nitrogens with one attached hydrogen (secondary N) is 1. The van der Waals surface area contributed by atoms with Crippen LogP contribution in [0.3, 0.4) is 0 Å². The second-order valence-electron chi connectivity index (χ2n) is 5.11. The van der Waals surface area contributed by atoms with Crippen LogP contribution in [0.5, 0.6) is 11.5 Å². The molecule has 0 atom stereocenters. The van der Waals surface area contributed by atoms with Crippen LogP contribution in [0, 0.1) is 0 Å². The molecular formula is C17H22N2O6. The van der Waals surface area contributed by atoms with E-state index in [1.54, 1.807) is 38.5 Å². The minimum atomic E-state index is -0.402. The lowest BCUT2D eigenvalue weighted by atomic mass is 10.1. The molecule has 2 aromatic rings. The lowest BCUT2D eigenvalue weighted by Crippen LogP contribution is -2.15. The van der Waals surface area contributed by atoms with E-state index in [0.717, 1.165) is 0 Å². The monoisotopic (exact) mass is 350 g/mol. The third-order valence-corrected chi connectivity index (χ3v) is 3.61. The first kappa shape index (κ1) is 18.8. The predicted molar refractivity (Wildman–Crippen MR) is 90.1 cm³/mol. The molecule has 1 aromatic carbocycles. The molecule has 0 radical (unpaired) electrons. The number of aromatic nitrogens is 1.